The van der Waals surface area contributed by atoms with Crippen LogP contribution in [0.2, 0.25) is 0 Å². The minimum Gasteiger partial charge on any atom is -0.483 e. The van der Waals surface area contributed by atoms with Crippen LogP contribution < -0.4 is 10.1 Å². The molecule has 1 amide bonds. The molecular weight excluding hydrogens is 390 g/mol. The fraction of sp³-hybridized carbons (Fsp3) is 0.227. The maximum Gasteiger partial charge on any atom is 0.262 e. The Labute approximate surface area is 162 Å². The van der Waals surface area contributed by atoms with E-state index in [0.717, 1.165) is 32.1 Å². The molecule has 3 nitrogen and oxygen atoms in total. The third-order valence-corrected chi connectivity index (χ3v) is 5.20. The highest BCUT2D eigenvalue weighted by molar-refractivity contribution is 9.10. The van der Waals surface area contributed by atoms with Crippen molar-refractivity contribution in [3.8, 4) is 5.75 Å². The van der Waals surface area contributed by atoms with Crippen LogP contribution in [0.1, 0.15) is 30.9 Å². The number of rotatable bonds is 5. The number of amides is 1. The molecule has 0 aliphatic carbocycles. The summed E-state index contributed by atoms with van der Waals surface area (Å²) >= 11 is 3.58. The molecule has 0 heterocycles. The molecule has 3 rings (SSSR count). The lowest BCUT2D eigenvalue weighted by molar-refractivity contribution is -0.118. The highest BCUT2D eigenvalue weighted by atomic mass is 79.9. The summed E-state index contributed by atoms with van der Waals surface area (Å²) in [6.07, 6.45) is 0. The molecule has 0 saturated heterocycles. The van der Waals surface area contributed by atoms with E-state index in [1.54, 1.807) is 0 Å². The Morgan fingerprint density at radius 2 is 1.85 bits per heavy atom. The predicted molar refractivity (Wildman–Crippen MR) is 111 cm³/mol. The molecule has 26 heavy (non-hydrogen) atoms. The molecule has 1 N–H and O–H groups in total. The van der Waals surface area contributed by atoms with Crippen LogP contribution in [0.3, 0.4) is 0 Å². The number of halogens is 1. The zero-order valence-corrected chi connectivity index (χ0v) is 16.8. The van der Waals surface area contributed by atoms with E-state index in [1.165, 1.54) is 0 Å². The molecule has 134 valence electrons. The van der Waals surface area contributed by atoms with Gasteiger partial charge in [-0.15, -0.1) is 0 Å². The van der Waals surface area contributed by atoms with E-state index < -0.39 is 0 Å². The fourth-order valence-corrected chi connectivity index (χ4v) is 3.59. The van der Waals surface area contributed by atoms with Crippen LogP contribution in [-0.2, 0) is 4.79 Å². The second-order valence-corrected chi connectivity index (χ2v) is 7.42. The smallest absolute Gasteiger partial charge is 0.262 e. The van der Waals surface area contributed by atoms with Gasteiger partial charge in [-0.3, -0.25) is 4.79 Å². The normalized spacial score (nSPS) is 11.0. The van der Waals surface area contributed by atoms with Gasteiger partial charge in [0, 0.05) is 5.69 Å². The molecule has 0 aliphatic heterocycles. The molecule has 0 spiro atoms. The van der Waals surface area contributed by atoms with Crippen molar-refractivity contribution in [2.45, 2.75) is 26.7 Å². The van der Waals surface area contributed by atoms with Gasteiger partial charge in [0.2, 0.25) is 0 Å². The number of benzene rings is 3. The Morgan fingerprint density at radius 1 is 1.08 bits per heavy atom. The first kappa shape index (κ1) is 18.5. The van der Waals surface area contributed by atoms with Crippen molar-refractivity contribution in [1.82, 2.24) is 0 Å². The van der Waals surface area contributed by atoms with Gasteiger partial charge in [-0.2, -0.15) is 0 Å². The molecule has 0 atom stereocenters. The summed E-state index contributed by atoms with van der Waals surface area (Å²) in [5, 5.41) is 5.19. The van der Waals surface area contributed by atoms with Crippen LogP contribution in [0.25, 0.3) is 10.8 Å². The van der Waals surface area contributed by atoms with Gasteiger partial charge < -0.3 is 10.1 Å². The van der Waals surface area contributed by atoms with Gasteiger partial charge in [-0.1, -0.05) is 62.4 Å². The van der Waals surface area contributed by atoms with Gasteiger partial charge in [0.1, 0.15) is 5.75 Å². The van der Waals surface area contributed by atoms with Crippen molar-refractivity contribution >= 4 is 38.3 Å². The summed E-state index contributed by atoms with van der Waals surface area (Å²) < 4.78 is 6.62. The summed E-state index contributed by atoms with van der Waals surface area (Å²) in [4.78, 5) is 12.4. The first-order chi connectivity index (χ1) is 12.5. The van der Waals surface area contributed by atoms with E-state index in [9.17, 15) is 4.79 Å². The number of carbonyl (C=O) groups is 1. The van der Waals surface area contributed by atoms with Crippen LogP contribution in [0.5, 0.6) is 5.75 Å². The second kappa shape index (κ2) is 7.92. The van der Waals surface area contributed by atoms with E-state index in [0.29, 0.717) is 11.7 Å². The number of aryl methyl sites for hydroxylation is 1. The Morgan fingerprint density at radius 3 is 2.62 bits per heavy atom. The van der Waals surface area contributed by atoms with E-state index in [4.69, 9.17) is 4.74 Å². The van der Waals surface area contributed by atoms with Gasteiger partial charge in [0.15, 0.2) is 6.61 Å². The van der Waals surface area contributed by atoms with Crippen molar-refractivity contribution < 1.29 is 9.53 Å². The van der Waals surface area contributed by atoms with Gasteiger partial charge in [-0.25, -0.2) is 0 Å². The second-order valence-electron chi connectivity index (χ2n) is 6.63. The van der Waals surface area contributed by atoms with E-state index in [1.807, 2.05) is 61.5 Å². The average molecular weight is 412 g/mol. The Bertz CT molecular complexity index is 950. The lowest BCUT2D eigenvalue weighted by Gasteiger charge is -2.17. The van der Waals surface area contributed by atoms with E-state index in [2.05, 4.69) is 35.1 Å². The van der Waals surface area contributed by atoms with Gasteiger partial charge in [-0.05, 0) is 56.7 Å². The number of hydrogen-bond acceptors (Lipinski definition) is 2. The Kier molecular flexibility index (Phi) is 5.62. The fourth-order valence-electron chi connectivity index (χ4n) is 2.99. The summed E-state index contributed by atoms with van der Waals surface area (Å²) in [5.74, 6) is 0.828. The minimum atomic E-state index is -0.166. The topological polar surface area (TPSA) is 38.3 Å². The molecule has 0 aliphatic rings. The lowest BCUT2D eigenvalue weighted by Crippen LogP contribution is -2.21. The maximum absolute atomic E-state index is 12.4. The zero-order valence-electron chi connectivity index (χ0n) is 15.2. The lowest BCUT2D eigenvalue weighted by atomic mass is 9.98. The molecule has 3 aromatic rings. The molecule has 0 fully saturated rings. The SMILES string of the molecule is Cc1cccc(C(C)C)c1NC(=O)COc1ccc2ccccc2c1Br. The average Bonchev–Trinajstić information content (AvgIpc) is 2.63. The Balaban J connectivity index is 1.74. The minimum absolute atomic E-state index is 0.0389. The van der Waals surface area contributed by atoms with Crippen molar-refractivity contribution in [2.75, 3.05) is 11.9 Å². The van der Waals surface area contributed by atoms with Gasteiger partial charge in [0.25, 0.3) is 5.91 Å². The number of carbonyl (C=O) groups excluding carboxylic acids is 1. The molecule has 0 radical (unpaired) electrons. The monoisotopic (exact) mass is 411 g/mol. The van der Waals surface area contributed by atoms with Gasteiger partial charge in [0.05, 0.1) is 4.47 Å². The number of hydrogen-bond donors (Lipinski definition) is 1. The molecule has 0 aromatic heterocycles. The number of fused-ring (bicyclic) bond motifs is 1. The largest absolute Gasteiger partial charge is 0.483 e. The quantitative estimate of drug-likeness (QED) is 0.554. The van der Waals surface area contributed by atoms with Crippen LogP contribution in [0.4, 0.5) is 5.69 Å². The first-order valence-corrected chi connectivity index (χ1v) is 9.46. The highest BCUT2D eigenvalue weighted by Crippen LogP contribution is 2.33. The highest BCUT2D eigenvalue weighted by Gasteiger charge is 2.13. The third-order valence-electron chi connectivity index (χ3n) is 4.38. The number of anilines is 1. The number of ether oxygens (including phenoxy) is 1. The number of nitrogens with one attached hydrogen (secondary N) is 1. The molecular formula is C22H22BrNO2. The molecule has 0 saturated carbocycles. The standard InChI is InChI=1S/C22H22BrNO2/c1-14(2)17-10-6-7-15(3)22(17)24-20(25)13-26-19-12-11-16-8-4-5-9-18(16)21(19)23/h4-12,14H,13H2,1-3H3,(H,24,25). The van der Waals surface area contributed by atoms with Crippen LogP contribution in [0.15, 0.2) is 59.1 Å². The number of para-hydroxylation sites is 1. The van der Waals surface area contributed by atoms with E-state index in [-0.39, 0.29) is 12.5 Å². The molecule has 4 heteroatoms. The summed E-state index contributed by atoms with van der Waals surface area (Å²) in [5.41, 5.74) is 3.07. The Hall–Kier alpha value is -2.33. The van der Waals surface area contributed by atoms with Crippen LogP contribution >= 0.6 is 15.9 Å². The molecule has 0 bridgehead atoms. The summed E-state index contributed by atoms with van der Waals surface area (Å²) in [7, 11) is 0. The summed E-state index contributed by atoms with van der Waals surface area (Å²) in [6.45, 7) is 6.20. The molecule has 0 unspecified atom stereocenters. The van der Waals surface area contributed by atoms with Crippen LogP contribution in [-0.4, -0.2) is 12.5 Å². The van der Waals surface area contributed by atoms with Crippen molar-refractivity contribution in [3.63, 3.8) is 0 Å². The third kappa shape index (κ3) is 3.91. The first-order valence-electron chi connectivity index (χ1n) is 8.66. The van der Waals surface area contributed by atoms with Gasteiger partial charge >= 0.3 is 0 Å². The van der Waals surface area contributed by atoms with Crippen LogP contribution in [0, 0.1) is 6.92 Å². The molecule has 3 aromatic carbocycles. The van der Waals surface area contributed by atoms with E-state index >= 15 is 0 Å². The zero-order chi connectivity index (χ0) is 18.7. The summed E-state index contributed by atoms with van der Waals surface area (Å²) in [6, 6.07) is 18.0. The predicted octanol–water partition coefficient (Wildman–Crippen LogP) is 6.05. The van der Waals surface area contributed by atoms with Crippen molar-refractivity contribution in [3.05, 3.63) is 70.2 Å². The maximum atomic E-state index is 12.4. The van der Waals surface area contributed by atoms with Crippen molar-refractivity contribution in [1.29, 1.82) is 0 Å². The van der Waals surface area contributed by atoms with Crippen molar-refractivity contribution in [2.24, 2.45) is 0 Å².